The number of nitrogens with two attached hydrogens (primary N) is 3. The van der Waals surface area contributed by atoms with Crippen LogP contribution in [0.25, 0.3) is 49.9 Å². The second-order valence-electron chi connectivity index (χ2n) is 22.8. The summed E-state index contributed by atoms with van der Waals surface area (Å²) in [6.45, 7) is -0.996. The zero-order valence-corrected chi connectivity index (χ0v) is 62.4. The summed E-state index contributed by atoms with van der Waals surface area (Å²) in [5.74, 6) is -7.38. The van der Waals surface area contributed by atoms with Crippen molar-refractivity contribution < 1.29 is 122 Å². The maximum absolute atomic E-state index is 12.9. The molecule has 0 spiro atoms. The van der Waals surface area contributed by atoms with Gasteiger partial charge in [-0.25, -0.2) is 9.59 Å². The van der Waals surface area contributed by atoms with Crippen LogP contribution in [-0.2, 0) is 57.5 Å². The molecule has 27 heteroatoms. The molecule has 0 saturated heterocycles. The van der Waals surface area contributed by atoms with E-state index in [1.54, 1.807) is 56.1 Å². The molecule has 0 aliphatic carbocycles. The number of carboxylic acids is 1. The molecule has 0 aliphatic rings. The molecule has 0 unspecified atom stereocenters. The molecule has 107 heavy (non-hydrogen) atoms. The summed E-state index contributed by atoms with van der Waals surface area (Å²) in [5.41, 5.74) is 27.5. The molecule has 0 atom stereocenters. The number of primary amides is 3. The number of pyridine rings is 3. The number of alkyl halides is 1. The van der Waals surface area contributed by atoms with Gasteiger partial charge in [0.2, 0.25) is 0 Å². The number of carbonyl (C=O) groups excluding carboxylic acids is 8. The summed E-state index contributed by atoms with van der Waals surface area (Å²) >= 11 is 2.90. The number of nitrogens with zero attached hydrogens (tertiary/aromatic N) is 3. The average molecular weight is 1520 g/mol. The zero-order valence-electron chi connectivity index (χ0n) is 58.9. The van der Waals surface area contributed by atoms with Gasteiger partial charge in [0, 0.05) is 37.9 Å². The number of benzene rings is 6. The normalized spacial score (nSPS) is 10.4. The molecule has 12 rings (SSSR count). The van der Waals surface area contributed by atoms with E-state index >= 15 is 0 Å². The number of ether oxygens (including phenoxy) is 7. The summed E-state index contributed by atoms with van der Waals surface area (Å²) in [6.07, 6.45) is 6.29. The fourth-order valence-electron chi connectivity index (χ4n) is 12.0. The average Bonchev–Trinajstić information content (AvgIpc) is 1.61. The van der Waals surface area contributed by atoms with E-state index < -0.39 is 53.6 Å². The molecular formula is C80H72BrN6NaO19. The molecule has 0 aliphatic heterocycles. The third kappa shape index (κ3) is 18.8. The van der Waals surface area contributed by atoms with Crippen molar-refractivity contribution in [3.05, 3.63) is 269 Å². The molecule has 544 valence electrons. The van der Waals surface area contributed by atoms with Crippen LogP contribution < -0.4 is 70.4 Å². The number of esters is 2. The third-order valence-electron chi connectivity index (χ3n) is 16.5. The van der Waals surface area contributed by atoms with E-state index in [0.29, 0.717) is 36.3 Å². The molecule has 3 amide bonds. The number of methoxy groups -OCH3 is 5. The first-order chi connectivity index (χ1) is 50.7. The molecule has 25 nitrogen and oxygen atoms in total. The Hall–Kier alpha value is -12.3. The van der Waals surface area contributed by atoms with Crippen LogP contribution in [0.3, 0.4) is 0 Å². The number of Topliss-reactive ketones (excluding diaryl/α,β-unsaturated/α-hetero) is 3. The second-order valence-corrected chi connectivity index (χ2v) is 23.4. The van der Waals surface area contributed by atoms with Crippen molar-refractivity contribution in [1.82, 2.24) is 13.2 Å². The number of halogens is 1. The molecule has 12 aromatic rings. The first-order valence-corrected chi connectivity index (χ1v) is 33.2. The quantitative estimate of drug-likeness (QED) is 0.0120. The minimum Gasteiger partial charge on any atom is -0.870 e. The van der Waals surface area contributed by atoms with Gasteiger partial charge in [-0.15, -0.1) is 0 Å². The smallest absolute Gasteiger partial charge is 0.870 e. The van der Waals surface area contributed by atoms with Crippen LogP contribution in [0.5, 0.6) is 34.5 Å². The van der Waals surface area contributed by atoms with Gasteiger partial charge in [0.05, 0.1) is 69.3 Å². The van der Waals surface area contributed by atoms with Crippen molar-refractivity contribution in [3.63, 3.8) is 0 Å². The van der Waals surface area contributed by atoms with Gasteiger partial charge in [-0.3, -0.25) is 33.6 Å². The number of aromatic nitrogens is 3. The Kier molecular flexibility index (Phi) is 29.4. The van der Waals surface area contributed by atoms with E-state index in [9.17, 15) is 48.3 Å². The summed E-state index contributed by atoms with van der Waals surface area (Å²) < 4.78 is 41.8. The van der Waals surface area contributed by atoms with E-state index in [2.05, 4.69) is 25.4 Å². The summed E-state index contributed by atoms with van der Waals surface area (Å²) in [5, 5.41) is 19.8. The van der Waals surface area contributed by atoms with Gasteiger partial charge in [-0.2, -0.15) is 0 Å². The van der Waals surface area contributed by atoms with E-state index in [0.717, 1.165) is 50.1 Å². The monoisotopic (exact) mass is 1520 g/mol. The van der Waals surface area contributed by atoms with Crippen molar-refractivity contribution in [3.8, 4) is 67.9 Å². The maximum Gasteiger partial charge on any atom is 1.00 e. The van der Waals surface area contributed by atoms with Crippen LogP contribution >= 0.6 is 15.9 Å². The van der Waals surface area contributed by atoms with Crippen molar-refractivity contribution in [1.29, 1.82) is 0 Å². The van der Waals surface area contributed by atoms with E-state index in [-0.39, 0.29) is 121 Å². The van der Waals surface area contributed by atoms with Crippen LogP contribution in [0, 0.1) is 0 Å². The van der Waals surface area contributed by atoms with Gasteiger partial charge in [0.25, 0.3) is 35.1 Å². The minimum absolute atomic E-state index is 0. The molecular weight excluding hydrogens is 1450 g/mol. The van der Waals surface area contributed by atoms with Crippen LogP contribution in [0.15, 0.2) is 219 Å². The number of hydrogen-bond acceptors (Lipinski definition) is 18. The largest absolute Gasteiger partial charge is 1.00 e. The summed E-state index contributed by atoms with van der Waals surface area (Å²) in [6, 6.07) is 63.0. The van der Waals surface area contributed by atoms with Crippen molar-refractivity contribution >= 4 is 85.5 Å². The molecule has 0 saturated carbocycles. The van der Waals surface area contributed by atoms with Gasteiger partial charge in [-0.1, -0.05) is 180 Å². The Labute approximate surface area is 643 Å². The van der Waals surface area contributed by atoms with Crippen LogP contribution in [0.4, 0.5) is 0 Å². The van der Waals surface area contributed by atoms with Crippen molar-refractivity contribution in [2.75, 3.05) is 54.1 Å². The number of aliphatic carboxylic acids is 1. The van der Waals surface area contributed by atoms with Crippen LogP contribution in [0.1, 0.15) is 64.8 Å². The number of aromatic hydroxyl groups is 1. The number of ketones is 3. The van der Waals surface area contributed by atoms with Gasteiger partial charge in [-0.05, 0) is 86.5 Å². The molecule has 6 aromatic heterocycles. The molecule has 0 bridgehead atoms. The van der Waals surface area contributed by atoms with Crippen LogP contribution in [0.2, 0.25) is 0 Å². The molecule has 0 radical (unpaired) electrons. The predicted molar refractivity (Wildman–Crippen MR) is 397 cm³/mol. The first kappa shape index (κ1) is 82.0. The fraction of sp³-hybridized carbons (Fsp3) is 0.138. The first-order valence-electron chi connectivity index (χ1n) is 32.1. The Morgan fingerprint density at radius 3 is 0.991 bits per heavy atom. The number of rotatable bonds is 25. The maximum atomic E-state index is 12.9. The molecule has 0 fully saturated rings. The Morgan fingerprint density at radius 1 is 0.393 bits per heavy atom. The molecule has 9 N–H and O–H groups in total. The van der Waals surface area contributed by atoms with E-state index in [4.69, 9.17) is 46.0 Å². The van der Waals surface area contributed by atoms with Crippen LogP contribution in [-0.4, -0.2) is 136 Å². The van der Waals surface area contributed by atoms with Crippen molar-refractivity contribution in [2.24, 2.45) is 17.2 Å². The third-order valence-corrected chi connectivity index (χ3v) is 17.0. The predicted octanol–water partition coefficient (Wildman–Crippen LogP) is 7.72. The van der Waals surface area contributed by atoms with E-state index in [1.807, 2.05) is 164 Å². The summed E-state index contributed by atoms with van der Waals surface area (Å²) in [4.78, 5) is 106. The molecule has 6 heterocycles. The number of amides is 3. The number of fused-ring (bicyclic) bond motifs is 3. The van der Waals surface area contributed by atoms with Crippen molar-refractivity contribution in [2.45, 2.75) is 19.3 Å². The second kappa shape index (κ2) is 38.4. The van der Waals surface area contributed by atoms with Gasteiger partial charge in [0.1, 0.15) is 39.1 Å². The topological polar surface area (TPSA) is 380 Å². The zero-order chi connectivity index (χ0) is 75.4. The standard InChI is InChI=1S/C27H24N2O6.C26H22N2O6.C24H20N2O4.C3H5BrO2.Na.H2O/c1-33-22(30)16-35-21-13-8-14-29-20(26(34-2)23(24(21)29)25(31)27(28)32)15-18-11-6-7-12-19(18)17-9-4-3-5-10-17;1-33-25-19(14-17-10-5-6-11-18(17)16-8-3-2-4-9-16)28-13-7-12-20(34-15-21(29)30)23(28)22(25)24(31)26(27)32;1-30-23-18(14-16-10-5-6-11-17(16)15-8-3-2-4-9-15)26-13-7-12-19(27)21(26)20(23)22(28)24(25)29;1-6-3(5)2-4;;/h3-14H,15-16H2,1-2H3,(H2,28,32);2-13H,14-15H2,1H3,(H2,27,32)(H,29,30);2-13,27H,14H2,1H3,(H2,25,29);2H2,1H3;;1H2/q;;;;+1;/p-1. The number of carboxylic acid groups (broad SMARTS) is 1. The van der Waals surface area contributed by atoms with E-state index in [1.165, 1.54) is 47.7 Å². The van der Waals surface area contributed by atoms with Gasteiger partial charge in [0.15, 0.2) is 30.5 Å². The minimum atomic E-state index is -1.18. The molecule has 6 aromatic carbocycles. The van der Waals surface area contributed by atoms with Gasteiger partial charge >= 0.3 is 47.5 Å². The Balaban J connectivity index is 0.000000214. The van der Waals surface area contributed by atoms with Gasteiger partial charge < -0.3 is 79.3 Å². The summed E-state index contributed by atoms with van der Waals surface area (Å²) in [7, 11) is 6.85. The SMILES string of the molecule is COC(=O)CBr.COC(=O)COc1cccn2c(Cc3ccccc3-c3ccccc3)c(OC)c(C(=O)C(N)=O)c12.COc1c(C(=O)C(N)=O)c2c(O)cccn2c1Cc1ccccc1-c1ccccc1.COc1c(C(=O)C(N)=O)c2c(OCC(=O)O)cccn2c1Cc1ccccc1-c1ccccc1.[Na+].[OH-]. The number of hydrogen-bond donors (Lipinski definition) is 5. The Bertz CT molecular complexity index is 5230. The number of carbonyl (C=O) groups is 9. The fourth-order valence-corrected chi connectivity index (χ4v) is 12.2. The Morgan fingerprint density at radius 2 is 0.692 bits per heavy atom.